The van der Waals surface area contributed by atoms with Crippen molar-refractivity contribution >= 4 is 22.8 Å². The second kappa shape index (κ2) is 6.37. The predicted molar refractivity (Wildman–Crippen MR) is 83.9 cm³/mol. The largest absolute Gasteiger partial charge is 0.480 e. The summed E-state index contributed by atoms with van der Waals surface area (Å²) in [5, 5.41) is 13.3. The fourth-order valence-electron chi connectivity index (χ4n) is 2.19. The first kappa shape index (κ1) is 16.1. The summed E-state index contributed by atoms with van der Waals surface area (Å²) in [6.45, 7) is -0.405. The summed E-state index contributed by atoms with van der Waals surface area (Å²) < 4.78 is 13.9. The summed E-state index contributed by atoms with van der Waals surface area (Å²) in [6.07, 6.45) is 2.00. The van der Waals surface area contributed by atoms with Crippen LogP contribution in [0.15, 0.2) is 30.6 Å². The van der Waals surface area contributed by atoms with Gasteiger partial charge in [-0.2, -0.15) is 5.10 Å². The maximum absolute atomic E-state index is 12.8. The van der Waals surface area contributed by atoms with Crippen molar-refractivity contribution in [2.45, 2.75) is 6.54 Å². The molecule has 0 saturated heterocycles. The first-order valence-corrected chi connectivity index (χ1v) is 6.96. The molecule has 0 aliphatic heterocycles. The van der Waals surface area contributed by atoms with Crippen LogP contribution in [0.4, 0.5) is 4.39 Å². The summed E-state index contributed by atoms with van der Waals surface area (Å²) in [6, 6.07) is 4.79. The number of carboxylic acids is 1. The minimum absolute atomic E-state index is 0.0436. The summed E-state index contributed by atoms with van der Waals surface area (Å²) in [7, 11) is 0. The Bertz CT molecular complexity index is 1050. The molecule has 3 rings (SSSR count). The molecule has 0 spiro atoms. The smallest absolute Gasteiger partial charge is 0.325 e. The van der Waals surface area contributed by atoms with Crippen molar-refractivity contribution in [3.63, 3.8) is 0 Å². The average Bonchev–Trinajstić information content (AvgIpc) is 2.92. The highest BCUT2D eigenvalue weighted by Crippen LogP contribution is 2.20. The fourth-order valence-corrected chi connectivity index (χ4v) is 2.19. The number of benzene rings is 1. The van der Waals surface area contributed by atoms with Gasteiger partial charge in [0.2, 0.25) is 5.82 Å². The van der Waals surface area contributed by atoms with E-state index in [1.807, 2.05) is 0 Å². The minimum Gasteiger partial charge on any atom is -0.480 e. The van der Waals surface area contributed by atoms with Gasteiger partial charge in [0.1, 0.15) is 6.54 Å². The number of fused-ring (bicyclic) bond motifs is 1. The van der Waals surface area contributed by atoms with Crippen LogP contribution in [0.2, 0.25) is 0 Å². The second-order valence-electron chi connectivity index (χ2n) is 4.97. The molecular formula is C16H10FN5O3. The molecule has 0 unspecified atom stereocenters. The van der Waals surface area contributed by atoms with Crippen LogP contribution in [0.1, 0.15) is 21.9 Å². The summed E-state index contributed by atoms with van der Waals surface area (Å²) >= 11 is 0. The van der Waals surface area contributed by atoms with E-state index in [-0.39, 0.29) is 11.5 Å². The highest BCUT2D eigenvalue weighted by molar-refractivity contribution is 6.04. The zero-order chi connectivity index (χ0) is 18.0. The molecule has 3 aromatic rings. The van der Waals surface area contributed by atoms with Crippen LogP contribution >= 0.6 is 0 Å². The Balaban J connectivity index is 2.04. The Labute approximate surface area is 140 Å². The standard InChI is InChI=1S/C16H10FN5O3/c17-10-6-19-13(20-7-10)4-2-9-1-3-12-11(5-9)15(16(18)25)21-22(12)8-14(23)24/h1,3,5-7H,8H2,(H2,18,25)(H,23,24). The second-order valence-corrected chi connectivity index (χ2v) is 4.97. The lowest BCUT2D eigenvalue weighted by molar-refractivity contribution is -0.137. The van der Waals surface area contributed by atoms with Crippen LogP contribution < -0.4 is 5.73 Å². The van der Waals surface area contributed by atoms with Gasteiger partial charge in [0.05, 0.1) is 17.9 Å². The van der Waals surface area contributed by atoms with Crippen LogP contribution in [-0.4, -0.2) is 36.7 Å². The SMILES string of the molecule is NC(=O)c1nn(CC(=O)O)c2ccc(C#Cc3ncc(F)cn3)cc12. The van der Waals surface area contributed by atoms with E-state index in [1.165, 1.54) is 4.68 Å². The van der Waals surface area contributed by atoms with E-state index in [2.05, 4.69) is 26.9 Å². The number of carbonyl (C=O) groups excluding carboxylic acids is 1. The zero-order valence-electron chi connectivity index (χ0n) is 12.6. The quantitative estimate of drug-likeness (QED) is 0.672. The van der Waals surface area contributed by atoms with Gasteiger partial charge < -0.3 is 10.8 Å². The van der Waals surface area contributed by atoms with E-state index in [1.54, 1.807) is 18.2 Å². The van der Waals surface area contributed by atoms with Crippen molar-refractivity contribution in [2.24, 2.45) is 5.73 Å². The number of primary amides is 1. The van der Waals surface area contributed by atoms with Gasteiger partial charge in [0, 0.05) is 10.9 Å². The first-order valence-electron chi connectivity index (χ1n) is 6.96. The van der Waals surface area contributed by atoms with Crippen LogP contribution in [0.5, 0.6) is 0 Å². The molecular weight excluding hydrogens is 329 g/mol. The molecule has 1 amide bonds. The first-order chi connectivity index (χ1) is 11.9. The number of aromatic nitrogens is 4. The molecule has 0 fully saturated rings. The van der Waals surface area contributed by atoms with Crippen molar-refractivity contribution < 1.29 is 19.1 Å². The number of hydrogen-bond acceptors (Lipinski definition) is 5. The van der Waals surface area contributed by atoms with Gasteiger partial charge in [-0.25, -0.2) is 14.4 Å². The summed E-state index contributed by atoms with van der Waals surface area (Å²) in [5.74, 6) is 3.15. The van der Waals surface area contributed by atoms with Crippen LogP contribution in [-0.2, 0) is 11.3 Å². The van der Waals surface area contributed by atoms with E-state index in [0.29, 0.717) is 16.5 Å². The maximum Gasteiger partial charge on any atom is 0.325 e. The number of aliphatic carboxylic acids is 1. The number of carbonyl (C=O) groups is 2. The van der Waals surface area contributed by atoms with E-state index in [4.69, 9.17) is 10.8 Å². The number of nitrogens with two attached hydrogens (primary N) is 1. The van der Waals surface area contributed by atoms with E-state index < -0.39 is 24.2 Å². The molecule has 9 heteroatoms. The highest BCUT2D eigenvalue weighted by atomic mass is 19.1. The molecule has 25 heavy (non-hydrogen) atoms. The van der Waals surface area contributed by atoms with E-state index in [0.717, 1.165) is 12.4 Å². The van der Waals surface area contributed by atoms with Crippen LogP contribution in [0, 0.1) is 17.7 Å². The van der Waals surface area contributed by atoms with Gasteiger partial charge in [-0.1, -0.05) is 5.92 Å². The third-order valence-corrected chi connectivity index (χ3v) is 3.21. The number of amides is 1. The molecule has 1 aromatic carbocycles. The Morgan fingerprint density at radius 1 is 1.24 bits per heavy atom. The van der Waals surface area contributed by atoms with Gasteiger partial charge in [-0.15, -0.1) is 0 Å². The average molecular weight is 339 g/mol. The Hall–Kier alpha value is -3.80. The third-order valence-electron chi connectivity index (χ3n) is 3.21. The molecule has 0 aliphatic carbocycles. The number of hydrogen-bond donors (Lipinski definition) is 2. The third kappa shape index (κ3) is 3.42. The van der Waals surface area contributed by atoms with Crippen molar-refractivity contribution in [1.29, 1.82) is 0 Å². The van der Waals surface area contributed by atoms with Crippen molar-refractivity contribution in [3.05, 3.63) is 53.5 Å². The molecule has 0 radical (unpaired) electrons. The lowest BCUT2D eigenvalue weighted by Crippen LogP contribution is -2.14. The van der Waals surface area contributed by atoms with E-state index in [9.17, 15) is 14.0 Å². The Morgan fingerprint density at radius 3 is 2.60 bits per heavy atom. The predicted octanol–water partition coefficient (Wildman–Crippen LogP) is 0.549. The van der Waals surface area contributed by atoms with Gasteiger partial charge in [0.15, 0.2) is 11.5 Å². The zero-order valence-corrected chi connectivity index (χ0v) is 12.6. The molecule has 124 valence electrons. The van der Waals surface area contributed by atoms with Crippen molar-refractivity contribution in [3.8, 4) is 11.8 Å². The Morgan fingerprint density at radius 2 is 1.96 bits per heavy atom. The van der Waals surface area contributed by atoms with Gasteiger partial charge >= 0.3 is 5.97 Å². The molecule has 8 nitrogen and oxygen atoms in total. The number of carboxylic acid groups (broad SMARTS) is 1. The lowest BCUT2D eigenvalue weighted by atomic mass is 10.1. The lowest BCUT2D eigenvalue weighted by Gasteiger charge is -1.98. The molecule has 3 N–H and O–H groups in total. The summed E-state index contributed by atoms with van der Waals surface area (Å²) in [5.41, 5.74) is 6.21. The molecule has 2 aromatic heterocycles. The normalized spacial score (nSPS) is 10.3. The monoisotopic (exact) mass is 339 g/mol. The number of nitrogens with zero attached hydrogens (tertiary/aromatic N) is 4. The van der Waals surface area contributed by atoms with Gasteiger partial charge in [-0.3, -0.25) is 14.3 Å². The van der Waals surface area contributed by atoms with Crippen LogP contribution in [0.3, 0.4) is 0 Å². The highest BCUT2D eigenvalue weighted by Gasteiger charge is 2.16. The van der Waals surface area contributed by atoms with E-state index >= 15 is 0 Å². The number of rotatable bonds is 3. The molecule has 0 bridgehead atoms. The van der Waals surface area contributed by atoms with Crippen LogP contribution in [0.25, 0.3) is 10.9 Å². The van der Waals surface area contributed by atoms with Gasteiger partial charge in [-0.05, 0) is 24.1 Å². The topological polar surface area (TPSA) is 124 Å². The summed E-state index contributed by atoms with van der Waals surface area (Å²) in [4.78, 5) is 29.9. The minimum atomic E-state index is -1.10. The molecule has 0 atom stereocenters. The maximum atomic E-state index is 12.8. The molecule has 0 saturated carbocycles. The Kier molecular flexibility index (Phi) is 4.09. The molecule has 2 heterocycles. The van der Waals surface area contributed by atoms with Crippen molar-refractivity contribution in [1.82, 2.24) is 19.7 Å². The van der Waals surface area contributed by atoms with Crippen molar-refractivity contribution in [2.75, 3.05) is 0 Å². The fraction of sp³-hybridized carbons (Fsp3) is 0.0625. The van der Waals surface area contributed by atoms with Gasteiger partial charge in [0.25, 0.3) is 5.91 Å². The molecule has 0 aliphatic rings. The number of halogens is 1.